The Balaban J connectivity index is 1.69. The van der Waals surface area contributed by atoms with Gasteiger partial charge in [-0.1, -0.05) is 42.5 Å². The van der Waals surface area contributed by atoms with E-state index in [-0.39, 0.29) is 30.2 Å². The van der Waals surface area contributed by atoms with Crippen molar-refractivity contribution in [3.8, 4) is 0 Å². The van der Waals surface area contributed by atoms with Crippen molar-refractivity contribution in [2.24, 2.45) is 0 Å². The van der Waals surface area contributed by atoms with E-state index in [9.17, 15) is 14.4 Å². The highest BCUT2D eigenvalue weighted by Gasteiger charge is 2.15. The number of fused-ring (bicyclic) bond motifs is 1. The average molecular weight is 418 g/mol. The van der Waals surface area contributed by atoms with Crippen molar-refractivity contribution >= 4 is 22.5 Å². The molecule has 0 fully saturated rings. The number of ether oxygens (including phenoxy) is 1. The summed E-state index contributed by atoms with van der Waals surface area (Å²) in [5, 5.41) is 8.41. The van der Waals surface area contributed by atoms with Gasteiger partial charge < -0.3 is 14.6 Å². The van der Waals surface area contributed by atoms with Crippen LogP contribution in [-0.4, -0.2) is 20.7 Å². The lowest BCUT2D eigenvalue weighted by Crippen LogP contribution is -2.25. The summed E-state index contributed by atoms with van der Waals surface area (Å²) in [7, 11) is 0. The number of H-pyrrole nitrogens is 2. The van der Waals surface area contributed by atoms with Gasteiger partial charge in [-0.05, 0) is 23.3 Å². The highest BCUT2D eigenvalue weighted by atomic mass is 16.5. The second-order valence-electron chi connectivity index (χ2n) is 7.24. The predicted octanol–water partition coefficient (Wildman–Crippen LogP) is 2.74. The number of hydrogen-bond acceptors (Lipinski definition) is 4. The maximum absolute atomic E-state index is 12.9. The zero-order valence-electron chi connectivity index (χ0n) is 17.0. The molecule has 31 heavy (non-hydrogen) atoms. The third-order valence-electron chi connectivity index (χ3n) is 4.89. The Kier molecular flexibility index (Phi) is 5.81. The topological polar surface area (TPSA) is 109 Å². The minimum Gasteiger partial charge on any atom is -0.371 e. The molecule has 0 spiro atoms. The summed E-state index contributed by atoms with van der Waals surface area (Å²) in [6, 6.07) is 18.3. The first-order chi connectivity index (χ1) is 15.0. The first kappa shape index (κ1) is 20.4. The number of pyridine rings is 1. The molecule has 3 N–H and O–H groups in total. The van der Waals surface area contributed by atoms with E-state index in [2.05, 4.69) is 15.5 Å². The van der Waals surface area contributed by atoms with Crippen molar-refractivity contribution in [3.63, 3.8) is 0 Å². The molecule has 0 bridgehead atoms. The summed E-state index contributed by atoms with van der Waals surface area (Å²) in [5.41, 5.74) is 2.81. The maximum atomic E-state index is 12.9. The van der Waals surface area contributed by atoms with Crippen molar-refractivity contribution < 1.29 is 9.53 Å². The molecule has 0 saturated heterocycles. The lowest BCUT2D eigenvalue weighted by atomic mass is 10.1. The van der Waals surface area contributed by atoms with Gasteiger partial charge in [0, 0.05) is 18.7 Å². The normalized spacial score (nSPS) is 11.0. The van der Waals surface area contributed by atoms with E-state index < -0.39 is 0 Å². The van der Waals surface area contributed by atoms with E-state index in [1.165, 1.54) is 17.6 Å². The van der Waals surface area contributed by atoms with Crippen LogP contribution in [0.5, 0.6) is 0 Å². The molecule has 158 valence electrons. The summed E-state index contributed by atoms with van der Waals surface area (Å²) in [6.07, 6.45) is 0. The van der Waals surface area contributed by atoms with Gasteiger partial charge in [-0.2, -0.15) is 0 Å². The van der Waals surface area contributed by atoms with Gasteiger partial charge in [-0.3, -0.25) is 24.6 Å². The van der Waals surface area contributed by atoms with Gasteiger partial charge in [0.2, 0.25) is 5.91 Å². The minimum atomic E-state index is -0.311. The molecular formula is C23H22N4O4. The van der Waals surface area contributed by atoms with Gasteiger partial charge in [-0.15, -0.1) is 0 Å². The number of carbonyl (C=O) groups excluding carboxylic acids is 1. The van der Waals surface area contributed by atoms with Crippen LogP contribution in [0.25, 0.3) is 10.9 Å². The van der Waals surface area contributed by atoms with Crippen LogP contribution in [0.15, 0.2) is 70.3 Å². The third-order valence-corrected chi connectivity index (χ3v) is 4.89. The van der Waals surface area contributed by atoms with Crippen LogP contribution in [0.2, 0.25) is 0 Å². The quantitative estimate of drug-likeness (QED) is 0.429. The number of rotatable bonds is 7. The Bertz CT molecular complexity index is 1340. The van der Waals surface area contributed by atoms with E-state index >= 15 is 0 Å². The fraction of sp³-hybridized carbons (Fsp3) is 0.174. The Morgan fingerprint density at radius 3 is 2.52 bits per heavy atom. The zero-order valence-corrected chi connectivity index (χ0v) is 17.0. The number of benzene rings is 2. The molecule has 0 radical (unpaired) electrons. The molecule has 0 saturated carbocycles. The minimum absolute atomic E-state index is 0.0911. The van der Waals surface area contributed by atoms with Gasteiger partial charge in [-0.25, -0.2) is 0 Å². The summed E-state index contributed by atoms with van der Waals surface area (Å²) >= 11 is 0. The molecular weight excluding hydrogens is 396 g/mol. The molecule has 1 amide bonds. The molecule has 4 aromatic rings. The van der Waals surface area contributed by atoms with Crippen LogP contribution in [0.4, 0.5) is 5.69 Å². The SMILES string of the molecule is CC(=O)Nc1cccc(Cn2c(COCc3ccccc3)c3c(=O)[nH][nH]c3cc2=O)c1. The van der Waals surface area contributed by atoms with Crippen LogP contribution in [0, 0.1) is 0 Å². The third kappa shape index (κ3) is 4.65. The molecule has 8 heteroatoms. The molecule has 0 aliphatic carbocycles. The second kappa shape index (κ2) is 8.85. The lowest BCUT2D eigenvalue weighted by molar-refractivity contribution is -0.114. The number of anilines is 1. The van der Waals surface area contributed by atoms with Crippen LogP contribution >= 0.6 is 0 Å². The summed E-state index contributed by atoms with van der Waals surface area (Å²) in [5.74, 6) is -0.176. The van der Waals surface area contributed by atoms with Crippen LogP contribution < -0.4 is 16.4 Å². The standard InChI is InChI=1S/C23H22N4O4/c1-15(28)24-18-9-5-8-17(10-18)12-27-20(14-31-13-16-6-3-2-4-7-16)22-19(11-21(27)29)25-26-23(22)30/h2-11,25H,12-14H2,1H3,(H,24,28)(H,26,30). The Hall–Kier alpha value is -3.91. The lowest BCUT2D eigenvalue weighted by Gasteiger charge is -2.15. The van der Waals surface area contributed by atoms with E-state index in [4.69, 9.17) is 4.74 Å². The van der Waals surface area contributed by atoms with E-state index in [1.54, 1.807) is 18.2 Å². The maximum Gasteiger partial charge on any atom is 0.273 e. The fourth-order valence-electron chi connectivity index (χ4n) is 3.53. The van der Waals surface area contributed by atoms with Gasteiger partial charge in [0.15, 0.2) is 0 Å². The number of nitrogens with zero attached hydrogens (tertiary/aromatic N) is 1. The second-order valence-corrected chi connectivity index (χ2v) is 7.24. The van der Waals surface area contributed by atoms with Crippen molar-refractivity contribution in [1.29, 1.82) is 0 Å². The monoisotopic (exact) mass is 418 g/mol. The molecule has 0 aliphatic rings. The van der Waals surface area contributed by atoms with Crippen molar-refractivity contribution in [2.75, 3.05) is 5.32 Å². The number of nitrogens with one attached hydrogen (secondary N) is 3. The van der Waals surface area contributed by atoms with Gasteiger partial charge in [0.05, 0.1) is 36.4 Å². The fourth-order valence-corrected chi connectivity index (χ4v) is 3.53. The zero-order chi connectivity index (χ0) is 21.8. The van der Waals surface area contributed by atoms with Crippen molar-refractivity contribution in [3.05, 3.63) is 98.2 Å². The highest BCUT2D eigenvalue weighted by Crippen LogP contribution is 2.17. The van der Waals surface area contributed by atoms with Gasteiger partial charge >= 0.3 is 0 Å². The number of carbonyl (C=O) groups is 1. The average Bonchev–Trinajstić information content (AvgIpc) is 3.11. The van der Waals surface area contributed by atoms with E-state index in [0.29, 0.717) is 28.9 Å². The Morgan fingerprint density at radius 2 is 1.74 bits per heavy atom. The van der Waals surface area contributed by atoms with Crippen LogP contribution in [0.3, 0.4) is 0 Å². The summed E-state index contributed by atoms with van der Waals surface area (Å²) in [4.78, 5) is 36.6. The van der Waals surface area contributed by atoms with Gasteiger partial charge in [0.25, 0.3) is 11.1 Å². The van der Waals surface area contributed by atoms with Crippen molar-refractivity contribution in [1.82, 2.24) is 14.8 Å². The summed E-state index contributed by atoms with van der Waals surface area (Å²) < 4.78 is 7.40. The Morgan fingerprint density at radius 1 is 0.968 bits per heavy atom. The highest BCUT2D eigenvalue weighted by molar-refractivity contribution is 5.88. The van der Waals surface area contributed by atoms with E-state index in [0.717, 1.165) is 11.1 Å². The number of hydrogen-bond donors (Lipinski definition) is 3. The summed E-state index contributed by atoms with van der Waals surface area (Å²) in [6.45, 7) is 2.11. The molecule has 2 aromatic carbocycles. The van der Waals surface area contributed by atoms with Crippen LogP contribution in [0.1, 0.15) is 23.7 Å². The molecule has 2 aromatic heterocycles. The molecule has 0 aliphatic heterocycles. The Labute approximate surface area is 177 Å². The van der Waals surface area contributed by atoms with E-state index in [1.807, 2.05) is 36.4 Å². The first-order valence-electron chi connectivity index (χ1n) is 9.82. The van der Waals surface area contributed by atoms with Crippen molar-refractivity contribution in [2.45, 2.75) is 26.7 Å². The predicted molar refractivity (Wildman–Crippen MR) is 118 cm³/mol. The first-order valence-corrected chi connectivity index (χ1v) is 9.82. The molecule has 8 nitrogen and oxygen atoms in total. The number of amides is 1. The largest absolute Gasteiger partial charge is 0.371 e. The molecule has 0 unspecified atom stereocenters. The van der Waals surface area contributed by atoms with Crippen LogP contribution in [-0.2, 0) is 29.3 Å². The van der Waals surface area contributed by atoms with Gasteiger partial charge in [0.1, 0.15) is 0 Å². The molecule has 4 rings (SSSR count). The smallest absolute Gasteiger partial charge is 0.273 e. The number of aromatic amines is 2. The number of aromatic nitrogens is 3. The molecule has 0 atom stereocenters. The molecule has 2 heterocycles.